The van der Waals surface area contributed by atoms with Crippen molar-refractivity contribution in [3.8, 4) is 0 Å². The van der Waals surface area contributed by atoms with Crippen molar-refractivity contribution in [3.05, 3.63) is 29.8 Å². The highest BCUT2D eigenvalue weighted by molar-refractivity contribution is 7.89. The average Bonchev–Trinajstić information content (AvgIpc) is 2.67. The molecule has 1 aliphatic rings. The number of benzene rings is 1. The van der Waals surface area contributed by atoms with Gasteiger partial charge in [0.15, 0.2) is 6.10 Å². The van der Waals surface area contributed by atoms with E-state index in [4.69, 9.17) is 4.74 Å². The van der Waals surface area contributed by atoms with Crippen LogP contribution in [0.1, 0.15) is 44.5 Å². The summed E-state index contributed by atoms with van der Waals surface area (Å²) in [6.07, 6.45) is -0.265. The summed E-state index contributed by atoms with van der Waals surface area (Å²) >= 11 is 0. The lowest BCUT2D eigenvalue weighted by atomic mass is 9.94. The Labute approximate surface area is 177 Å². The van der Waals surface area contributed by atoms with Crippen LogP contribution in [0.3, 0.4) is 0 Å². The number of rotatable bonds is 6. The number of hydrogen-bond acceptors (Lipinski definition) is 6. The second kappa shape index (κ2) is 10.0. The maximum atomic E-state index is 13.0. The predicted molar refractivity (Wildman–Crippen MR) is 110 cm³/mol. The summed E-state index contributed by atoms with van der Waals surface area (Å²) < 4.78 is 32.6. The third-order valence-corrected chi connectivity index (χ3v) is 6.60. The van der Waals surface area contributed by atoms with Crippen LogP contribution >= 0.6 is 0 Å². The molecule has 0 radical (unpaired) electrons. The molecule has 9 nitrogen and oxygen atoms in total. The smallest absolute Gasteiger partial charge is 0.338 e. The molecule has 1 fully saturated rings. The lowest BCUT2D eigenvalue weighted by Gasteiger charge is -2.34. The first-order valence-corrected chi connectivity index (χ1v) is 11.4. The van der Waals surface area contributed by atoms with Gasteiger partial charge in [-0.05, 0) is 50.3 Å². The molecule has 0 aliphatic carbocycles. The van der Waals surface area contributed by atoms with Crippen LogP contribution in [-0.4, -0.2) is 56.4 Å². The number of nitrogens with one attached hydrogen (secondary N) is 2. The molecule has 166 valence electrons. The molecule has 1 saturated heterocycles. The molecule has 3 unspecified atom stereocenters. The zero-order chi connectivity index (χ0) is 22.5. The summed E-state index contributed by atoms with van der Waals surface area (Å²) in [5.74, 6) is -1.14. The van der Waals surface area contributed by atoms with Crippen molar-refractivity contribution < 1.29 is 27.5 Å². The monoisotopic (exact) mass is 439 g/mol. The summed E-state index contributed by atoms with van der Waals surface area (Å²) in [4.78, 5) is 35.8. The topological polar surface area (TPSA) is 122 Å². The molecule has 3 amide bonds. The third-order valence-electron chi connectivity index (χ3n) is 4.77. The minimum atomic E-state index is -3.76. The van der Waals surface area contributed by atoms with Crippen LogP contribution in [0.2, 0.25) is 0 Å². The molecule has 2 N–H and O–H groups in total. The molecular formula is C20H29N3O6S. The minimum Gasteiger partial charge on any atom is -0.449 e. The number of nitrogens with zero attached hydrogens (tertiary/aromatic N) is 1. The number of piperidine rings is 1. The van der Waals surface area contributed by atoms with Crippen molar-refractivity contribution in [2.75, 3.05) is 19.6 Å². The number of carbonyl (C=O) groups is 3. The Kier molecular flexibility index (Phi) is 7.96. The van der Waals surface area contributed by atoms with Gasteiger partial charge in [-0.1, -0.05) is 19.9 Å². The third kappa shape index (κ3) is 6.02. The first-order chi connectivity index (χ1) is 14.0. The molecule has 1 aliphatic heterocycles. The SMILES string of the molecule is CCNC(=O)NC(=O)C(C)OC(=O)c1cccc(S(=O)(=O)N2CC(C)CC(C)C2)c1. The number of sulfonamides is 1. The standard InChI is InChI=1S/C20H29N3O6S/c1-5-21-20(26)22-18(24)15(4)29-19(25)16-7-6-8-17(10-16)30(27,28)23-11-13(2)9-14(3)12-23/h6-8,10,13-15H,5,9,11-12H2,1-4H3,(H2,21,22,24,26). The Balaban J connectivity index is 2.11. The van der Waals surface area contributed by atoms with Gasteiger partial charge in [0, 0.05) is 19.6 Å². The van der Waals surface area contributed by atoms with Crippen LogP contribution in [0.4, 0.5) is 4.79 Å². The van der Waals surface area contributed by atoms with Gasteiger partial charge in [-0.15, -0.1) is 0 Å². The first-order valence-electron chi connectivity index (χ1n) is 9.94. The quantitative estimate of drug-likeness (QED) is 0.651. The molecule has 1 heterocycles. The number of carbonyl (C=O) groups excluding carboxylic acids is 3. The maximum Gasteiger partial charge on any atom is 0.338 e. The van der Waals surface area contributed by atoms with Crippen molar-refractivity contribution >= 4 is 27.9 Å². The summed E-state index contributed by atoms with van der Waals surface area (Å²) in [5.41, 5.74) is 0.00633. The number of hydrogen-bond donors (Lipinski definition) is 2. The molecule has 3 atom stereocenters. The van der Waals surface area contributed by atoms with E-state index in [2.05, 4.69) is 10.6 Å². The van der Waals surface area contributed by atoms with Crippen molar-refractivity contribution in [1.82, 2.24) is 14.9 Å². The summed E-state index contributed by atoms with van der Waals surface area (Å²) in [6.45, 7) is 8.24. The molecule has 1 aromatic carbocycles. The second-order valence-corrected chi connectivity index (χ2v) is 9.63. The van der Waals surface area contributed by atoms with Gasteiger partial charge < -0.3 is 10.1 Å². The number of amides is 3. The highest BCUT2D eigenvalue weighted by Crippen LogP contribution is 2.27. The molecule has 0 spiro atoms. The van der Waals surface area contributed by atoms with Crippen molar-refractivity contribution in [1.29, 1.82) is 0 Å². The van der Waals surface area contributed by atoms with Gasteiger partial charge in [-0.25, -0.2) is 18.0 Å². The maximum absolute atomic E-state index is 13.0. The lowest BCUT2D eigenvalue weighted by Crippen LogP contribution is -2.44. The van der Waals surface area contributed by atoms with Crippen LogP contribution in [-0.2, 0) is 19.6 Å². The Hall–Kier alpha value is -2.46. The number of ether oxygens (including phenoxy) is 1. The van der Waals surface area contributed by atoms with Crippen molar-refractivity contribution in [3.63, 3.8) is 0 Å². The molecule has 0 aromatic heterocycles. The van der Waals surface area contributed by atoms with Crippen LogP contribution in [0, 0.1) is 11.8 Å². The van der Waals surface area contributed by atoms with Gasteiger partial charge in [-0.3, -0.25) is 10.1 Å². The van der Waals surface area contributed by atoms with E-state index >= 15 is 0 Å². The van der Waals surface area contributed by atoms with Gasteiger partial charge in [0.25, 0.3) is 5.91 Å². The van der Waals surface area contributed by atoms with Gasteiger partial charge in [0.2, 0.25) is 10.0 Å². The number of urea groups is 1. The Morgan fingerprint density at radius 2 is 1.83 bits per heavy atom. The molecule has 0 saturated carbocycles. The minimum absolute atomic E-state index is 0.00215. The summed E-state index contributed by atoms with van der Waals surface area (Å²) in [6, 6.07) is 4.86. The number of imide groups is 1. The van der Waals surface area contributed by atoms with Gasteiger partial charge in [-0.2, -0.15) is 4.31 Å². The van der Waals surface area contributed by atoms with Gasteiger partial charge in [0.1, 0.15) is 0 Å². The van der Waals surface area contributed by atoms with E-state index in [0.29, 0.717) is 19.6 Å². The summed E-state index contributed by atoms with van der Waals surface area (Å²) in [5, 5.41) is 4.45. The van der Waals surface area contributed by atoms with Gasteiger partial charge >= 0.3 is 12.0 Å². The van der Waals surface area contributed by atoms with Crippen molar-refractivity contribution in [2.45, 2.75) is 45.1 Å². The van der Waals surface area contributed by atoms with E-state index < -0.39 is 34.0 Å². The highest BCUT2D eigenvalue weighted by atomic mass is 32.2. The predicted octanol–water partition coefficient (Wildman–Crippen LogP) is 1.74. The van der Waals surface area contributed by atoms with Gasteiger partial charge in [0.05, 0.1) is 10.5 Å². The highest BCUT2D eigenvalue weighted by Gasteiger charge is 2.32. The van der Waals surface area contributed by atoms with Crippen LogP contribution in [0.5, 0.6) is 0 Å². The fraction of sp³-hybridized carbons (Fsp3) is 0.550. The average molecular weight is 440 g/mol. The summed E-state index contributed by atoms with van der Waals surface area (Å²) in [7, 11) is -3.76. The van der Waals surface area contributed by atoms with E-state index in [9.17, 15) is 22.8 Å². The molecule has 10 heteroatoms. The normalized spacial score (nSPS) is 20.8. The van der Waals surface area contributed by atoms with Crippen LogP contribution in [0.15, 0.2) is 29.2 Å². The fourth-order valence-corrected chi connectivity index (χ4v) is 5.16. The first kappa shape index (κ1) is 23.8. The van der Waals surface area contributed by atoms with Crippen molar-refractivity contribution in [2.24, 2.45) is 11.8 Å². The van der Waals surface area contributed by atoms with Crippen LogP contribution in [0.25, 0.3) is 0 Å². The molecule has 1 aromatic rings. The lowest BCUT2D eigenvalue weighted by molar-refractivity contribution is -0.127. The van der Waals surface area contributed by atoms with E-state index in [0.717, 1.165) is 6.42 Å². The Bertz CT molecular complexity index is 892. The molecule has 30 heavy (non-hydrogen) atoms. The fourth-order valence-electron chi connectivity index (χ4n) is 3.43. The molecule has 2 rings (SSSR count). The van der Waals surface area contributed by atoms with E-state index in [-0.39, 0.29) is 22.3 Å². The van der Waals surface area contributed by atoms with Crippen LogP contribution < -0.4 is 10.6 Å². The van der Waals surface area contributed by atoms with E-state index in [1.54, 1.807) is 6.92 Å². The van der Waals surface area contributed by atoms with E-state index in [1.165, 1.54) is 35.5 Å². The zero-order valence-corrected chi connectivity index (χ0v) is 18.5. The zero-order valence-electron chi connectivity index (χ0n) is 17.7. The second-order valence-electron chi connectivity index (χ2n) is 7.69. The Morgan fingerprint density at radius 3 is 2.43 bits per heavy atom. The Morgan fingerprint density at radius 1 is 1.20 bits per heavy atom. The number of esters is 1. The van der Waals surface area contributed by atoms with E-state index in [1.807, 2.05) is 13.8 Å². The molecular weight excluding hydrogens is 410 g/mol. The largest absolute Gasteiger partial charge is 0.449 e. The molecule has 0 bridgehead atoms.